The van der Waals surface area contributed by atoms with E-state index in [4.69, 9.17) is 4.42 Å². The Labute approximate surface area is 142 Å². The standard InChI is InChI=1S/C18H15FN2O4/c19-11-4-3-5-12(8-11)21-16(14-6-1-2-7-20-14)18-17(24)15(23)9-13(10-22)25-18/h1-9,16,21-22,24H,10H2/t16-/m1/s1. The topological polar surface area (TPSA) is 95.6 Å². The summed E-state index contributed by atoms with van der Waals surface area (Å²) in [5.74, 6) is -1.16. The Bertz CT molecular complexity index is 928. The molecule has 0 amide bonds. The number of halogens is 1. The second kappa shape index (κ2) is 7.14. The van der Waals surface area contributed by atoms with Gasteiger partial charge in [0.25, 0.3) is 0 Å². The van der Waals surface area contributed by atoms with Gasteiger partial charge in [0.1, 0.15) is 24.2 Å². The number of aliphatic hydroxyl groups excluding tert-OH is 1. The lowest BCUT2D eigenvalue weighted by molar-refractivity contribution is 0.234. The summed E-state index contributed by atoms with van der Waals surface area (Å²) >= 11 is 0. The first-order chi connectivity index (χ1) is 12.1. The number of hydrogen-bond acceptors (Lipinski definition) is 6. The predicted octanol–water partition coefficient (Wildman–Crippen LogP) is 2.57. The molecule has 0 aliphatic carbocycles. The molecule has 2 heterocycles. The van der Waals surface area contributed by atoms with Crippen molar-refractivity contribution < 1.29 is 19.0 Å². The fraction of sp³-hybridized carbons (Fsp3) is 0.111. The molecule has 1 atom stereocenters. The summed E-state index contributed by atoms with van der Waals surface area (Å²) in [7, 11) is 0. The number of hydrogen-bond donors (Lipinski definition) is 3. The lowest BCUT2D eigenvalue weighted by Crippen LogP contribution is -2.17. The highest BCUT2D eigenvalue weighted by Crippen LogP contribution is 2.30. The number of benzene rings is 1. The molecule has 25 heavy (non-hydrogen) atoms. The van der Waals surface area contributed by atoms with E-state index in [9.17, 15) is 19.4 Å². The molecule has 0 unspecified atom stereocenters. The lowest BCUT2D eigenvalue weighted by atomic mass is 10.1. The van der Waals surface area contributed by atoms with E-state index < -0.39 is 29.6 Å². The lowest BCUT2D eigenvalue weighted by Gasteiger charge is -2.20. The van der Waals surface area contributed by atoms with Crippen LogP contribution in [0.5, 0.6) is 5.75 Å². The van der Waals surface area contributed by atoms with Crippen molar-refractivity contribution >= 4 is 5.69 Å². The third-order valence-electron chi connectivity index (χ3n) is 3.54. The molecule has 2 aromatic heterocycles. The first-order valence-corrected chi connectivity index (χ1v) is 7.48. The maximum atomic E-state index is 13.5. The number of aliphatic hydroxyl groups is 1. The third-order valence-corrected chi connectivity index (χ3v) is 3.54. The Balaban J connectivity index is 2.12. The molecule has 1 aromatic carbocycles. The Hall–Kier alpha value is -3.19. The van der Waals surface area contributed by atoms with Gasteiger partial charge in [0.05, 0.1) is 5.69 Å². The number of nitrogens with zero attached hydrogens (tertiary/aromatic N) is 1. The van der Waals surface area contributed by atoms with E-state index in [0.29, 0.717) is 11.4 Å². The molecule has 0 spiro atoms. The van der Waals surface area contributed by atoms with Gasteiger partial charge in [-0.05, 0) is 30.3 Å². The summed E-state index contributed by atoms with van der Waals surface area (Å²) in [5, 5.41) is 22.4. The number of nitrogens with one attached hydrogen (secondary N) is 1. The molecule has 0 aliphatic heterocycles. The van der Waals surface area contributed by atoms with Crippen molar-refractivity contribution in [1.29, 1.82) is 0 Å². The van der Waals surface area contributed by atoms with Gasteiger partial charge in [-0.1, -0.05) is 12.1 Å². The molecule has 128 valence electrons. The monoisotopic (exact) mass is 342 g/mol. The minimum absolute atomic E-state index is 0.000210. The van der Waals surface area contributed by atoms with Crippen LogP contribution < -0.4 is 10.7 Å². The number of aromatic nitrogens is 1. The molecule has 0 saturated heterocycles. The molecule has 6 nitrogen and oxygen atoms in total. The summed E-state index contributed by atoms with van der Waals surface area (Å²) in [5.41, 5.74) is 0.166. The predicted molar refractivity (Wildman–Crippen MR) is 88.7 cm³/mol. The highest BCUT2D eigenvalue weighted by atomic mass is 19.1. The largest absolute Gasteiger partial charge is 0.502 e. The fourth-order valence-corrected chi connectivity index (χ4v) is 2.39. The summed E-state index contributed by atoms with van der Waals surface area (Å²) in [6.45, 7) is -0.503. The quantitative estimate of drug-likeness (QED) is 0.660. The first-order valence-electron chi connectivity index (χ1n) is 7.48. The van der Waals surface area contributed by atoms with E-state index in [1.54, 1.807) is 30.5 Å². The van der Waals surface area contributed by atoms with E-state index in [-0.39, 0.29) is 11.5 Å². The van der Waals surface area contributed by atoms with Crippen LogP contribution in [0.15, 0.2) is 63.9 Å². The molecule has 0 radical (unpaired) electrons. The van der Waals surface area contributed by atoms with Crippen molar-refractivity contribution in [2.45, 2.75) is 12.6 Å². The van der Waals surface area contributed by atoms with Gasteiger partial charge in [0, 0.05) is 18.0 Å². The third kappa shape index (κ3) is 3.67. The van der Waals surface area contributed by atoms with E-state index in [2.05, 4.69) is 10.3 Å². The summed E-state index contributed by atoms with van der Waals surface area (Å²) in [6.07, 6.45) is 1.54. The molecule has 7 heteroatoms. The maximum absolute atomic E-state index is 13.5. The van der Waals surface area contributed by atoms with Crippen LogP contribution in [0.2, 0.25) is 0 Å². The average molecular weight is 342 g/mol. The zero-order valence-corrected chi connectivity index (χ0v) is 13.0. The van der Waals surface area contributed by atoms with Gasteiger partial charge >= 0.3 is 0 Å². The van der Waals surface area contributed by atoms with Crippen LogP contribution in [0.25, 0.3) is 0 Å². The highest BCUT2D eigenvalue weighted by Gasteiger charge is 2.24. The van der Waals surface area contributed by atoms with Crippen molar-refractivity contribution in [2.24, 2.45) is 0 Å². The van der Waals surface area contributed by atoms with Crippen LogP contribution in [-0.2, 0) is 6.61 Å². The van der Waals surface area contributed by atoms with Gasteiger partial charge in [-0.15, -0.1) is 0 Å². The van der Waals surface area contributed by atoms with Crippen LogP contribution in [0, 0.1) is 5.82 Å². The molecule has 0 fully saturated rings. The van der Waals surface area contributed by atoms with Gasteiger partial charge in [-0.2, -0.15) is 0 Å². The number of anilines is 1. The van der Waals surface area contributed by atoms with Crippen molar-refractivity contribution in [3.8, 4) is 5.75 Å². The molecule has 3 rings (SSSR count). The van der Waals surface area contributed by atoms with Crippen LogP contribution in [0.1, 0.15) is 23.3 Å². The number of pyridine rings is 1. The van der Waals surface area contributed by atoms with E-state index in [0.717, 1.165) is 6.07 Å². The second-order valence-electron chi connectivity index (χ2n) is 5.29. The molecular formula is C18H15FN2O4. The Morgan fingerprint density at radius 3 is 2.72 bits per heavy atom. The smallest absolute Gasteiger partial charge is 0.227 e. The number of aromatic hydroxyl groups is 1. The summed E-state index contributed by atoms with van der Waals surface area (Å²) in [4.78, 5) is 16.1. The SMILES string of the molecule is O=c1cc(CO)oc([C@H](Nc2cccc(F)c2)c2ccccn2)c1O. The molecule has 3 aromatic rings. The van der Waals surface area contributed by atoms with Crippen LogP contribution in [0.4, 0.5) is 10.1 Å². The van der Waals surface area contributed by atoms with Gasteiger partial charge in [-0.25, -0.2) is 4.39 Å². The normalized spacial score (nSPS) is 11.9. The second-order valence-corrected chi connectivity index (χ2v) is 5.29. The first kappa shape index (κ1) is 16.7. The van der Waals surface area contributed by atoms with Crippen LogP contribution >= 0.6 is 0 Å². The minimum atomic E-state index is -0.859. The van der Waals surface area contributed by atoms with Crippen molar-refractivity contribution in [2.75, 3.05) is 5.32 Å². The summed E-state index contributed by atoms with van der Waals surface area (Å²) < 4.78 is 18.9. The molecule has 0 aliphatic rings. The van der Waals surface area contributed by atoms with Crippen molar-refractivity contribution in [3.63, 3.8) is 0 Å². The molecule has 3 N–H and O–H groups in total. The zero-order chi connectivity index (χ0) is 17.8. The Kier molecular flexibility index (Phi) is 4.76. The number of rotatable bonds is 5. The average Bonchev–Trinajstić information content (AvgIpc) is 2.63. The Morgan fingerprint density at radius 1 is 1.20 bits per heavy atom. The van der Waals surface area contributed by atoms with Crippen molar-refractivity contribution in [3.05, 3.63) is 88.0 Å². The highest BCUT2D eigenvalue weighted by molar-refractivity contribution is 5.48. The van der Waals surface area contributed by atoms with E-state index in [1.165, 1.54) is 18.2 Å². The molecule has 0 saturated carbocycles. The van der Waals surface area contributed by atoms with Gasteiger partial charge in [0.2, 0.25) is 11.2 Å². The van der Waals surface area contributed by atoms with E-state index >= 15 is 0 Å². The minimum Gasteiger partial charge on any atom is -0.502 e. The summed E-state index contributed by atoms with van der Waals surface area (Å²) in [6, 6.07) is 11.0. The Morgan fingerprint density at radius 2 is 2.04 bits per heavy atom. The fourth-order valence-electron chi connectivity index (χ4n) is 2.39. The maximum Gasteiger partial charge on any atom is 0.227 e. The van der Waals surface area contributed by atoms with Crippen LogP contribution in [-0.4, -0.2) is 15.2 Å². The van der Waals surface area contributed by atoms with Crippen LogP contribution in [0.3, 0.4) is 0 Å². The molecule has 0 bridgehead atoms. The van der Waals surface area contributed by atoms with Gasteiger partial charge in [0.15, 0.2) is 5.76 Å². The van der Waals surface area contributed by atoms with Gasteiger partial charge in [-0.3, -0.25) is 9.78 Å². The van der Waals surface area contributed by atoms with Gasteiger partial charge < -0.3 is 19.9 Å². The van der Waals surface area contributed by atoms with E-state index in [1.807, 2.05) is 0 Å². The zero-order valence-electron chi connectivity index (χ0n) is 13.0. The molecular weight excluding hydrogens is 327 g/mol. The van der Waals surface area contributed by atoms with Crippen molar-refractivity contribution in [1.82, 2.24) is 4.98 Å².